The molecular formula is C24H22O11. The van der Waals surface area contributed by atoms with Crippen LogP contribution in [0.2, 0.25) is 0 Å². The van der Waals surface area contributed by atoms with Gasteiger partial charge in [-0.05, 0) is 24.3 Å². The first kappa shape index (κ1) is 25.1. The molecule has 3 rings (SSSR count). The lowest BCUT2D eigenvalue weighted by Crippen LogP contribution is -2.16. The van der Waals surface area contributed by atoms with Gasteiger partial charge in [-0.15, -0.1) is 0 Å². The van der Waals surface area contributed by atoms with Crippen LogP contribution in [0.15, 0.2) is 33.5 Å². The molecule has 0 saturated heterocycles. The molecule has 0 aliphatic carbocycles. The Balaban J connectivity index is 2.56. The topological polar surface area (TPSA) is 137 Å². The molecule has 0 amide bonds. The summed E-state index contributed by atoms with van der Waals surface area (Å²) in [5.74, 6) is -3.86. The molecule has 2 aromatic carbocycles. The van der Waals surface area contributed by atoms with Crippen molar-refractivity contribution < 1.29 is 47.2 Å². The molecule has 1 heterocycles. The second-order valence-corrected chi connectivity index (χ2v) is 7.03. The third kappa shape index (κ3) is 4.88. The Labute approximate surface area is 199 Å². The van der Waals surface area contributed by atoms with Gasteiger partial charge in [0.2, 0.25) is 28.4 Å². The van der Waals surface area contributed by atoms with Crippen molar-refractivity contribution in [2.24, 2.45) is 0 Å². The van der Waals surface area contributed by atoms with Crippen LogP contribution in [0, 0.1) is 0 Å². The van der Waals surface area contributed by atoms with Gasteiger partial charge in [-0.3, -0.25) is 19.2 Å². The van der Waals surface area contributed by atoms with Crippen molar-refractivity contribution in [3.8, 4) is 45.8 Å². The van der Waals surface area contributed by atoms with Gasteiger partial charge in [0, 0.05) is 26.3 Å². The number of methoxy groups -OCH3 is 3. The third-order valence-corrected chi connectivity index (χ3v) is 4.62. The second kappa shape index (κ2) is 10.2. The predicted octanol–water partition coefficient (Wildman–Crippen LogP) is 3.26. The molecule has 0 N–H and O–H groups in total. The van der Waals surface area contributed by atoms with E-state index in [-0.39, 0.29) is 28.2 Å². The Morgan fingerprint density at radius 3 is 1.60 bits per heavy atom. The Hall–Kier alpha value is -4.54. The number of hydrogen-bond acceptors (Lipinski definition) is 11. The quantitative estimate of drug-likeness (QED) is 0.359. The second-order valence-electron chi connectivity index (χ2n) is 7.03. The summed E-state index contributed by atoms with van der Waals surface area (Å²) < 4.78 is 37.6. The summed E-state index contributed by atoms with van der Waals surface area (Å²) in [7, 11) is 3.99. The van der Waals surface area contributed by atoms with Crippen molar-refractivity contribution in [1.29, 1.82) is 0 Å². The third-order valence-electron chi connectivity index (χ3n) is 4.62. The van der Waals surface area contributed by atoms with Gasteiger partial charge in [-0.1, -0.05) is 0 Å². The summed E-state index contributed by atoms with van der Waals surface area (Å²) in [6.45, 7) is 3.24. The lowest BCUT2D eigenvalue weighted by molar-refractivity contribution is -0.135. The van der Waals surface area contributed by atoms with Crippen LogP contribution in [-0.2, 0) is 14.4 Å². The molecule has 0 atom stereocenters. The number of carbonyl (C=O) groups excluding carboxylic acids is 3. The lowest BCUT2D eigenvalue weighted by atomic mass is 10.1. The first-order chi connectivity index (χ1) is 16.6. The van der Waals surface area contributed by atoms with Crippen molar-refractivity contribution in [3.05, 3.63) is 34.5 Å². The number of esters is 3. The van der Waals surface area contributed by atoms with Crippen LogP contribution in [0.25, 0.3) is 22.3 Å². The molecule has 0 spiro atoms. The average Bonchev–Trinajstić information content (AvgIpc) is 2.80. The lowest BCUT2D eigenvalue weighted by Gasteiger charge is -2.19. The summed E-state index contributed by atoms with van der Waals surface area (Å²) in [6, 6.07) is 6.55. The summed E-state index contributed by atoms with van der Waals surface area (Å²) in [5.41, 5.74) is -0.569. The molecule has 184 valence electrons. The van der Waals surface area contributed by atoms with Crippen LogP contribution in [-0.4, -0.2) is 39.2 Å². The van der Waals surface area contributed by atoms with Gasteiger partial charge >= 0.3 is 17.9 Å². The highest BCUT2D eigenvalue weighted by atomic mass is 16.6. The zero-order valence-corrected chi connectivity index (χ0v) is 19.8. The Morgan fingerprint density at radius 2 is 1.14 bits per heavy atom. The molecule has 0 unspecified atom stereocenters. The van der Waals surface area contributed by atoms with Crippen molar-refractivity contribution in [2.45, 2.75) is 20.8 Å². The molecule has 0 radical (unpaired) electrons. The minimum atomic E-state index is -0.851. The van der Waals surface area contributed by atoms with E-state index in [1.807, 2.05) is 0 Å². The van der Waals surface area contributed by atoms with E-state index >= 15 is 0 Å². The molecular weight excluding hydrogens is 464 g/mol. The van der Waals surface area contributed by atoms with Gasteiger partial charge in [0.1, 0.15) is 11.1 Å². The smallest absolute Gasteiger partial charge is 0.308 e. The fraction of sp³-hybridized carbons (Fsp3) is 0.250. The Morgan fingerprint density at radius 1 is 0.657 bits per heavy atom. The number of ether oxygens (including phenoxy) is 6. The number of rotatable bonds is 7. The van der Waals surface area contributed by atoms with Gasteiger partial charge in [0.15, 0.2) is 17.1 Å². The van der Waals surface area contributed by atoms with Crippen molar-refractivity contribution >= 4 is 28.9 Å². The van der Waals surface area contributed by atoms with E-state index in [9.17, 15) is 19.2 Å². The fourth-order valence-electron chi connectivity index (χ4n) is 3.33. The number of hydrogen-bond donors (Lipinski definition) is 0. The predicted molar refractivity (Wildman–Crippen MR) is 122 cm³/mol. The monoisotopic (exact) mass is 486 g/mol. The van der Waals surface area contributed by atoms with E-state index in [4.69, 9.17) is 32.8 Å². The van der Waals surface area contributed by atoms with Crippen LogP contribution in [0.5, 0.6) is 34.5 Å². The van der Waals surface area contributed by atoms with Crippen molar-refractivity contribution in [1.82, 2.24) is 0 Å². The normalized spacial score (nSPS) is 10.5. The van der Waals surface area contributed by atoms with Gasteiger partial charge in [0.25, 0.3) is 0 Å². The van der Waals surface area contributed by atoms with Gasteiger partial charge in [-0.2, -0.15) is 0 Å². The molecule has 0 fully saturated rings. The number of fused-ring (bicyclic) bond motifs is 1. The molecule has 11 heteroatoms. The summed E-state index contributed by atoms with van der Waals surface area (Å²) in [5, 5.41) is -0.335. The molecule has 0 bridgehead atoms. The van der Waals surface area contributed by atoms with Crippen LogP contribution in [0.1, 0.15) is 20.8 Å². The zero-order valence-electron chi connectivity index (χ0n) is 19.8. The minimum Gasteiger partial charge on any atom is -0.497 e. The van der Waals surface area contributed by atoms with Crippen LogP contribution in [0.3, 0.4) is 0 Å². The number of benzene rings is 2. The Bertz CT molecular complexity index is 1370. The van der Waals surface area contributed by atoms with E-state index in [0.29, 0.717) is 11.3 Å². The first-order valence-electron chi connectivity index (χ1n) is 10.1. The molecule has 1 aromatic heterocycles. The SMILES string of the molecule is COc1ccc(-c2oc3c(OC)c(OC(C)=O)c(OC(C)=O)c(OC(C)=O)c3c(=O)c2OC)cc1. The number of carbonyl (C=O) groups is 3. The maximum Gasteiger partial charge on any atom is 0.308 e. The largest absolute Gasteiger partial charge is 0.497 e. The molecule has 0 saturated carbocycles. The van der Waals surface area contributed by atoms with Gasteiger partial charge in [-0.25, -0.2) is 0 Å². The van der Waals surface area contributed by atoms with Crippen LogP contribution >= 0.6 is 0 Å². The van der Waals surface area contributed by atoms with Crippen LogP contribution < -0.4 is 33.8 Å². The summed E-state index contributed by atoms with van der Waals surface area (Å²) in [4.78, 5) is 49.2. The van der Waals surface area contributed by atoms with E-state index in [2.05, 4.69) is 0 Å². The highest BCUT2D eigenvalue weighted by molar-refractivity contribution is 5.99. The Kier molecular flexibility index (Phi) is 7.28. The first-order valence-corrected chi connectivity index (χ1v) is 10.1. The van der Waals surface area contributed by atoms with E-state index in [1.165, 1.54) is 21.3 Å². The van der Waals surface area contributed by atoms with Crippen LogP contribution in [0.4, 0.5) is 0 Å². The molecule has 0 aliphatic heterocycles. The maximum atomic E-state index is 13.6. The maximum absolute atomic E-state index is 13.6. The molecule has 3 aromatic rings. The van der Waals surface area contributed by atoms with Crippen molar-refractivity contribution in [2.75, 3.05) is 21.3 Å². The molecule has 0 aliphatic rings. The van der Waals surface area contributed by atoms with Gasteiger partial charge < -0.3 is 32.8 Å². The molecule has 11 nitrogen and oxygen atoms in total. The zero-order chi connectivity index (χ0) is 25.9. The van der Waals surface area contributed by atoms with E-state index in [0.717, 1.165) is 20.8 Å². The summed E-state index contributed by atoms with van der Waals surface area (Å²) >= 11 is 0. The highest BCUT2D eigenvalue weighted by Crippen LogP contribution is 2.52. The van der Waals surface area contributed by atoms with Crippen molar-refractivity contribution in [3.63, 3.8) is 0 Å². The van der Waals surface area contributed by atoms with Gasteiger partial charge in [0.05, 0.1) is 21.3 Å². The average molecular weight is 486 g/mol. The van der Waals surface area contributed by atoms with E-state index in [1.54, 1.807) is 24.3 Å². The minimum absolute atomic E-state index is 0.00809. The standard InChI is InChI=1S/C24H22O11/c1-11(25)32-20-16-17(28)21(30-5)18(14-7-9-15(29-4)10-8-14)35-19(16)22(31-6)24(34-13(3)27)23(20)33-12(2)26/h7-10H,1-6H3. The van der Waals surface area contributed by atoms with E-state index < -0.39 is 40.6 Å². The fourth-order valence-corrected chi connectivity index (χ4v) is 3.33. The summed E-state index contributed by atoms with van der Waals surface area (Å²) in [6.07, 6.45) is 0. The highest BCUT2D eigenvalue weighted by Gasteiger charge is 2.33. The molecule has 35 heavy (non-hydrogen) atoms.